The number of amides is 1. The average Bonchev–Trinajstić information content (AvgIpc) is 3.46. The summed E-state index contributed by atoms with van der Waals surface area (Å²) in [4.78, 5) is 24.0. The molecule has 0 spiro atoms. The molecule has 1 atom stereocenters. The van der Waals surface area contributed by atoms with Crippen LogP contribution in [0.15, 0.2) is 47.4 Å². The van der Waals surface area contributed by atoms with Crippen molar-refractivity contribution < 1.29 is 41.0 Å². The van der Waals surface area contributed by atoms with E-state index in [2.05, 4.69) is 34.1 Å². The highest BCUT2D eigenvalue weighted by molar-refractivity contribution is 7.92. The first-order chi connectivity index (χ1) is 19.3. The molecular weight excluding hydrogens is 565 g/mol. The van der Waals surface area contributed by atoms with Crippen LogP contribution in [0.5, 0.6) is 0 Å². The van der Waals surface area contributed by atoms with Gasteiger partial charge in [-0.1, -0.05) is 26.0 Å². The van der Waals surface area contributed by atoms with Crippen molar-refractivity contribution in [3.8, 4) is 0 Å². The number of benzene rings is 2. The number of piperazine rings is 1. The smallest absolute Gasteiger partial charge is 0.475 e. The Labute approximate surface area is 237 Å². The second-order valence-electron chi connectivity index (χ2n) is 9.95. The van der Waals surface area contributed by atoms with E-state index in [1.165, 1.54) is 0 Å². The van der Waals surface area contributed by atoms with Gasteiger partial charge in [0.2, 0.25) is 0 Å². The third kappa shape index (κ3) is 9.33. The molecule has 4 N–H and O–H groups in total. The first-order valence-corrected chi connectivity index (χ1v) is 14.7. The first-order valence-electron chi connectivity index (χ1n) is 13.2. The minimum Gasteiger partial charge on any atom is -0.475 e. The Morgan fingerprint density at radius 2 is 1.76 bits per heavy atom. The average molecular weight is 601 g/mol. The summed E-state index contributed by atoms with van der Waals surface area (Å²) in [7, 11) is -3.83. The largest absolute Gasteiger partial charge is 0.490 e. The van der Waals surface area contributed by atoms with Crippen LogP contribution < -0.4 is 20.3 Å². The second-order valence-corrected chi connectivity index (χ2v) is 11.6. The lowest BCUT2D eigenvalue weighted by molar-refractivity contribution is -0.192. The van der Waals surface area contributed by atoms with E-state index >= 15 is 0 Å². The summed E-state index contributed by atoms with van der Waals surface area (Å²) in [5, 5.41) is 13.3. The van der Waals surface area contributed by atoms with Crippen LogP contribution in [-0.2, 0) is 19.6 Å². The molecule has 2 aliphatic heterocycles. The lowest BCUT2D eigenvalue weighted by Gasteiger charge is -2.31. The van der Waals surface area contributed by atoms with Gasteiger partial charge < -0.3 is 25.4 Å². The topological polar surface area (TPSA) is 137 Å². The molecule has 226 valence electrons. The van der Waals surface area contributed by atoms with Crippen LogP contribution in [0.25, 0.3) is 0 Å². The molecule has 0 bridgehead atoms. The van der Waals surface area contributed by atoms with Crippen LogP contribution >= 0.6 is 0 Å². The SMILES string of the molecule is CC(C)c1ccc(S(=O)(=O)Nc2cc(C(=O)NCC3CCCO3)ccc2N2CCNCC2)cc1.O=C(O)C(F)(F)F. The Kier molecular flexibility index (Phi) is 11.0. The zero-order valence-electron chi connectivity index (χ0n) is 22.8. The van der Waals surface area contributed by atoms with Gasteiger partial charge in [0.1, 0.15) is 0 Å². The molecule has 41 heavy (non-hydrogen) atoms. The highest BCUT2D eigenvalue weighted by Gasteiger charge is 2.38. The molecule has 0 aromatic heterocycles. The number of anilines is 2. The molecule has 0 saturated carbocycles. The monoisotopic (exact) mass is 600 g/mol. The molecule has 2 aliphatic rings. The maximum Gasteiger partial charge on any atom is 0.490 e. The van der Waals surface area contributed by atoms with Gasteiger partial charge in [-0.2, -0.15) is 13.2 Å². The fourth-order valence-corrected chi connectivity index (χ4v) is 5.36. The highest BCUT2D eigenvalue weighted by Crippen LogP contribution is 2.30. The van der Waals surface area contributed by atoms with Crippen molar-refractivity contribution in [2.75, 3.05) is 49.0 Å². The zero-order chi connectivity index (χ0) is 30.2. The number of nitrogens with one attached hydrogen (secondary N) is 3. The van der Waals surface area contributed by atoms with E-state index in [0.29, 0.717) is 23.7 Å². The predicted octanol–water partition coefficient (Wildman–Crippen LogP) is 3.56. The minimum atomic E-state index is -5.08. The van der Waals surface area contributed by atoms with E-state index in [9.17, 15) is 26.4 Å². The van der Waals surface area contributed by atoms with Crippen LogP contribution in [0.4, 0.5) is 24.5 Å². The molecule has 2 aromatic carbocycles. The Balaban J connectivity index is 0.000000587. The third-order valence-electron chi connectivity index (χ3n) is 6.57. The van der Waals surface area contributed by atoms with Crippen LogP contribution in [0.2, 0.25) is 0 Å². The molecule has 1 amide bonds. The van der Waals surface area contributed by atoms with Gasteiger partial charge in [0, 0.05) is 44.9 Å². The molecule has 0 aliphatic carbocycles. The number of alkyl halides is 3. The van der Waals surface area contributed by atoms with Gasteiger partial charge in [-0.05, 0) is 54.7 Å². The Bertz CT molecular complexity index is 1290. The number of rotatable bonds is 8. The number of carbonyl (C=O) groups is 2. The van der Waals surface area contributed by atoms with E-state index in [0.717, 1.165) is 56.9 Å². The zero-order valence-corrected chi connectivity index (χ0v) is 23.6. The van der Waals surface area contributed by atoms with Crippen molar-refractivity contribution in [3.63, 3.8) is 0 Å². The number of aliphatic carboxylic acids is 1. The quantitative estimate of drug-likeness (QED) is 0.361. The Hall–Kier alpha value is -3.36. The minimum absolute atomic E-state index is 0.0378. The number of carboxylic acid groups (broad SMARTS) is 1. The fourth-order valence-electron chi connectivity index (χ4n) is 4.29. The lowest BCUT2D eigenvalue weighted by atomic mass is 10.0. The second kappa shape index (κ2) is 14.0. The fraction of sp³-hybridized carbons (Fsp3) is 0.481. The maximum absolute atomic E-state index is 13.2. The summed E-state index contributed by atoms with van der Waals surface area (Å²) in [6, 6.07) is 12.1. The molecule has 1 unspecified atom stereocenters. The third-order valence-corrected chi connectivity index (χ3v) is 7.96. The summed E-state index contributed by atoms with van der Waals surface area (Å²) in [5.41, 5.74) is 2.65. The first kappa shape index (κ1) is 32.2. The van der Waals surface area contributed by atoms with E-state index in [1.54, 1.807) is 24.3 Å². The lowest BCUT2D eigenvalue weighted by Crippen LogP contribution is -2.43. The van der Waals surface area contributed by atoms with Gasteiger partial charge in [0.05, 0.1) is 22.4 Å². The van der Waals surface area contributed by atoms with E-state index in [4.69, 9.17) is 14.6 Å². The van der Waals surface area contributed by atoms with Gasteiger partial charge in [-0.3, -0.25) is 9.52 Å². The van der Waals surface area contributed by atoms with Crippen LogP contribution in [0, 0.1) is 0 Å². The van der Waals surface area contributed by atoms with Crippen molar-refractivity contribution in [1.29, 1.82) is 0 Å². The number of hydrogen-bond donors (Lipinski definition) is 4. The Morgan fingerprint density at radius 1 is 1.12 bits per heavy atom. The number of hydrogen-bond acceptors (Lipinski definition) is 7. The summed E-state index contributed by atoms with van der Waals surface area (Å²) in [6.45, 7) is 8.43. The van der Waals surface area contributed by atoms with Gasteiger partial charge in [-0.25, -0.2) is 13.2 Å². The number of sulfonamides is 1. The number of ether oxygens (including phenoxy) is 1. The van der Waals surface area contributed by atoms with E-state index < -0.39 is 22.2 Å². The number of carbonyl (C=O) groups excluding carboxylic acids is 1. The van der Waals surface area contributed by atoms with Crippen molar-refractivity contribution >= 4 is 33.3 Å². The van der Waals surface area contributed by atoms with E-state index in [-0.39, 0.29) is 16.9 Å². The van der Waals surface area contributed by atoms with Gasteiger partial charge in [-0.15, -0.1) is 0 Å². The molecule has 2 saturated heterocycles. The molecule has 2 aromatic rings. The van der Waals surface area contributed by atoms with Crippen LogP contribution in [0.3, 0.4) is 0 Å². The Morgan fingerprint density at radius 3 is 2.29 bits per heavy atom. The summed E-state index contributed by atoms with van der Waals surface area (Å²) in [6.07, 6.45) is -3.11. The molecule has 0 radical (unpaired) electrons. The van der Waals surface area contributed by atoms with Gasteiger partial charge in [0.15, 0.2) is 0 Å². The van der Waals surface area contributed by atoms with Crippen molar-refractivity contribution in [3.05, 3.63) is 53.6 Å². The van der Waals surface area contributed by atoms with Crippen molar-refractivity contribution in [1.82, 2.24) is 10.6 Å². The van der Waals surface area contributed by atoms with Crippen molar-refractivity contribution in [2.24, 2.45) is 0 Å². The standard InChI is InChI=1S/C25H34N4O4S.C2HF3O2/c1-18(2)19-5-8-22(9-6-19)34(31,32)28-23-16-20(25(30)27-17-21-4-3-15-33-21)7-10-24(23)29-13-11-26-12-14-29;3-2(4,5)1(6)7/h5-10,16,18,21,26,28H,3-4,11-15,17H2,1-2H3,(H,27,30);(H,6,7). The molecular formula is C27H35F3N4O6S. The maximum atomic E-state index is 13.2. The number of halogens is 3. The number of nitrogens with zero attached hydrogens (tertiary/aromatic N) is 1. The van der Waals surface area contributed by atoms with Crippen LogP contribution in [-0.4, -0.2) is 77.0 Å². The summed E-state index contributed by atoms with van der Waals surface area (Å²) in [5.74, 6) is -2.69. The molecule has 10 nitrogen and oxygen atoms in total. The predicted molar refractivity (Wildman–Crippen MR) is 148 cm³/mol. The molecule has 2 fully saturated rings. The van der Waals surface area contributed by atoms with Crippen LogP contribution in [0.1, 0.15) is 48.5 Å². The van der Waals surface area contributed by atoms with E-state index in [1.807, 2.05) is 18.2 Å². The molecule has 4 rings (SSSR count). The summed E-state index contributed by atoms with van der Waals surface area (Å²) >= 11 is 0. The normalized spacial score (nSPS) is 17.5. The highest BCUT2D eigenvalue weighted by atomic mass is 32.2. The number of carboxylic acids is 1. The molecule has 2 heterocycles. The van der Waals surface area contributed by atoms with Gasteiger partial charge >= 0.3 is 12.1 Å². The molecule has 14 heteroatoms. The summed E-state index contributed by atoms with van der Waals surface area (Å²) < 4.78 is 66.5. The van der Waals surface area contributed by atoms with Crippen molar-refractivity contribution in [2.45, 2.75) is 49.8 Å². The van der Waals surface area contributed by atoms with Gasteiger partial charge in [0.25, 0.3) is 15.9 Å².